The van der Waals surface area contributed by atoms with E-state index in [4.69, 9.17) is 17.3 Å². The lowest BCUT2D eigenvalue weighted by molar-refractivity contribution is -0.385. The predicted octanol–water partition coefficient (Wildman–Crippen LogP) is 1.25. The molecule has 0 aliphatic heterocycles. The van der Waals surface area contributed by atoms with Crippen LogP contribution in [-0.4, -0.2) is 35.9 Å². The number of halogens is 2. The lowest BCUT2D eigenvalue weighted by atomic mass is 10.1. The Morgan fingerprint density at radius 1 is 1.38 bits per heavy atom. The Morgan fingerprint density at radius 3 is 2.62 bits per heavy atom. The molecule has 2 rings (SSSR count). The summed E-state index contributed by atoms with van der Waals surface area (Å²) in [5.74, 6) is -0.733. The summed E-state index contributed by atoms with van der Waals surface area (Å²) in [5.41, 5.74) is 5.18. The Bertz CT molecular complexity index is 637. The summed E-state index contributed by atoms with van der Waals surface area (Å²) in [6, 6.07) is 3.84. The standard InChI is InChI=1S/C14H17ClN4O4.ClH/c15-9-2-1-3-11(19(22)23)13(9)14(21)18-7-12(20)17-6-10(16)8-4-5-8;/h1-3,8,10H,4-7,16H2,(H,17,20)(H,18,21);1H. The van der Waals surface area contributed by atoms with Gasteiger partial charge < -0.3 is 16.4 Å². The smallest absolute Gasteiger partial charge is 0.283 e. The molecular formula is C14H18Cl2N4O4. The number of carbonyl (C=O) groups is 2. The van der Waals surface area contributed by atoms with Gasteiger partial charge in [0.2, 0.25) is 5.91 Å². The molecule has 0 saturated heterocycles. The number of nitrogens with one attached hydrogen (secondary N) is 2. The number of benzene rings is 1. The second kappa shape index (κ2) is 8.81. The monoisotopic (exact) mass is 376 g/mol. The van der Waals surface area contributed by atoms with Crippen molar-refractivity contribution in [2.75, 3.05) is 13.1 Å². The minimum atomic E-state index is -0.774. The molecule has 1 aliphatic carbocycles. The largest absolute Gasteiger partial charge is 0.353 e. The molecule has 0 radical (unpaired) electrons. The molecule has 0 heterocycles. The van der Waals surface area contributed by atoms with E-state index in [1.54, 1.807) is 0 Å². The van der Waals surface area contributed by atoms with E-state index in [9.17, 15) is 19.7 Å². The Kier molecular flexibility index (Phi) is 7.40. The lowest BCUT2D eigenvalue weighted by Gasteiger charge is -2.12. The SMILES string of the molecule is Cl.NC(CNC(=O)CNC(=O)c1c(Cl)cccc1[N+](=O)[O-])C1CC1. The molecule has 1 fully saturated rings. The van der Waals surface area contributed by atoms with Gasteiger partial charge in [-0.05, 0) is 24.8 Å². The highest BCUT2D eigenvalue weighted by Crippen LogP contribution is 2.31. The van der Waals surface area contributed by atoms with Crippen molar-refractivity contribution in [3.05, 3.63) is 38.9 Å². The minimum Gasteiger partial charge on any atom is -0.353 e. The molecule has 1 unspecified atom stereocenters. The lowest BCUT2D eigenvalue weighted by Crippen LogP contribution is -2.43. The van der Waals surface area contributed by atoms with Gasteiger partial charge in [0, 0.05) is 18.7 Å². The van der Waals surface area contributed by atoms with Gasteiger partial charge in [-0.15, -0.1) is 12.4 Å². The van der Waals surface area contributed by atoms with Crippen molar-refractivity contribution in [1.29, 1.82) is 0 Å². The van der Waals surface area contributed by atoms with Gasteiger partial charge in [-0.2, -0.15) is 0 Å². The molecule has 8 nitrogen and oxygen atoms in total. The van der Waals surface area contributed by atoms with Crippen LogP contribution in [0.4, 0.5) is 5.69 Å². The van der Waals surface area contributed by atoms with Gasteiger partial charge in [0.15, 0.2) is 0 Å². The van der Waals surface area contributed by atoms with Crippen LogP contribution in [0.3, 0.4) is 0 Å². The van der Waals surface area contributed by atoms with Crippen LogP contribution < -0.4 is 16.4 Å². The van der Waals surface area contributed by atoms with Crippen molar-refractivity contribution in [3.8, 4) is 0 Å². The molecule has 4 N–H and O–H groups in total. The summed E-state index contributed by atoms with van der Waals surface area (Å²) in [4.78, 5) is 34.0. The van der Waals surface area contributed by atoms with E-state index in [2.05, 4.69) is 10.6 Å². The van der Waals surface area contributed by atoms with Crippen LogP contribution in [0.1, 0.15) is 23.2 Å². The van der Waals surface area contributed by atoms with Gasteiger partial charge in [0.05, 0.1) is 16.5 Å². The summed E-state index contributed by atoms with van der Waals surface area (Å²) >= 11 is 5.85. The molecule has 0 aromatic heterocycles. The van der Waals surface area contributed by atoms with Gasteiger partial charge >= 0.3 is 0 Å². The number of amides is 2. The zero-order valence-electron chi connectivity index (χ0n) is 12.7. The van der Waals surface area contributed by atoms with Crippen molar-refractivity contribution in [2.45, 2.75) is 18.9 Å². The maximum atomic E-state index is 12.0. The molecule has 1 atom stereocenters. The highest BCUT2D eigenvalue weighted by Gasteiger charge is 2.28. The second-order valence-electron chi connectivity index (χ2n) is 5.38. The van der Waals surface area contributed by atoms with Gasteiger partial charge in [-0.1, -0.05) is 17.7 Å². The van der Waals surface area contributed by atoms with Crippen LogP contribution in [0.5, 0.6) is 0 Å². The third kappa shape index (κ3) is 5.33. The topological polar surface area (TPSA) is 127 Å². The van der Waals surface area contributed by atoms with Crippen LogP contribution in [0.15, 0.2) is 18.2 Å². The van der Waals surface area contributed by atoms with Crippen molar-refractivity contribution < 1.29 is 14.5 Å². The number of rotatable bonds is 7. The van der Waals surface area contributed by atoms with E-state index in [0.717, 1.165) is 12.8 Å². The highest BCUT2D eigenvalue weighted by molar-refractivity contribution is 6.34. The third-order valence-corrected chi connectivity index (χ3v) is 3.90. The molecule has 0 bridgehead atoms. The number of nitrogens with zero attached hydrogens (tertiary/aromatic N) is 1. The van der Waals surface area contributed by atoms with Crippen molar-refractivity contribution in [1.82, 2.24) is 10.6 Å². The van der Waals surface area contributed by atoms with E-state index in [-0.39, 0.29) is 35.6 Å². The molecular weight excluding hydrogens is 359 g/mol. The van der Waals surface area contributed by atoms with Gasteiger partial charge in [0.1, 0.15) is 5.56 Å². The zero-order chi connectivity index (χ0) is 17.0. The number of nitrogens with two attached hydrogens (primary N) is 1. The van der Waals surface area contributed by atoms with Crippen LogP contribution >= 0.6 is 24.0 Å². The summed E-state index contributed by atoms with van der Waals surface area (Å²) in [6.07, 6.45) is 2.15. The first-order valence-corrected chi connectivity index (χ1v) is 7.51. The second-order valence-corrected chi connectivity index (χ2v) is 5.79. The Labute approximate surface area is 149 Å². The fourth-order valence-corrected chi connectivity index (χ4v) is 2.38. The molecule has 1 aromatic rings. The summed E-state index contributed by atoms with van der Waals surface area (Å²) in [5, 5.41) is 15.8. The fraction of sp³-hybridized carbons (Fsp3) is 0.429. The average Bonchev–Trinajstić information content (AvgIpc) is 3.34. The summed E-state index contributed by atoms with van der Waals surface area (Å²) in [6.45, 7) is 0.0320. The van der Waals surface area contributed by atoms with Crippen LogP contribution in [0, 0.1) is 16.0 Å². The van der Waals surface area contributed by atoms with Crippen LogP contribution in [-0.2, 0) is 4.79 Å². The quantitative estimate of drug-likeness (QED) is 0.487. The third-order valence-electron chi connectivity index (χ3n) is 3.59. The summed E-state index contributed by atoms with van der Waals surface area (Å²) in [7, 11) is 0. The minimum absolute atomic E-state index is 0. The van der Waals surface area contributed by atoms with Crippen molar-refractivity contribution in [2.24, 2.45) is 11.7 Å². The number of hydrogen-bond acceptors (Lipinski definition) is 5. The van der Waals surface area contributed by atoms with E-state index in [1.165, 1.54) is 18.2 Å². The average molecular weight is 377 g/mol. The molecule has 2 amide bonds. The number of carbonyl (C=O) groups excluding carboxylic acids is 2. The van der Waals surface area contributed by atoms with Crippen LogP contribution in [0.2, 0.25) is 5.02 Å². The first-order valence-electron chi connectivity index (χ1n) is 7.13. The normalized spacial score (nSPS) is 14.2. The molecule has 24 heavy (non-hydrogen) atoms. The molecule has 1 aromatic carbocycles. The maximum absolute atomic E-state index is 12.0. The van der Waals surface area contributed by atoms with Gasteiger partial charge in [0.25, 0.3) is 11.6 Å². The van der Waals surface area contributed by atoms with E-state index < -0.39 is 22.4 Å². The van der Waals surface area contributed by atoms with E-state index in [0.29, 0.717) is 12.5 Å². The molecule has 132 valence electrons. The molecule has 0 spiro atoms. The Hall–Kier alpha value is -1.90. The first-order chi connectivity index (χ1) is 10.9. The van der Waals surface area contributed by atoms with Gasteiger partial charge in [-0.3, -0.25) is 19.7 Å². The van der Waals surface area contributed by atoms with Crippen LogP contribution in [0.25, 0.3) is 0 Å². The van der Waals surface area contributed by atoms with Gasteiger partial charge in [-0.25, -0.2) is 0 Å². The molecule has 1 saturated carbocycles. The van der Waals surface area contributed by atoms with Crippen molar-refractivity contribution in [3.63, 3.8) is 0 Å². The maximum Gasteiger partial charge on any atom is 0.283 e. The highest BCUT2D eigenvalue weighted by atomic mass is 35.5. The fourth-order valence-electron chi connectivity index (χ4n) is 2.12. The molecule has 10 heteroatoms. The predicted molar refractivity (Wildman–Crippen MR) is 91.4 cm³/mol. The summed E-state index contributed by atoms with van der Waals surface area (Å²) < 4.78 is 0. The number of hydrogen-bond donors (Lipinski definition) is 3. The van der Waals surface area contributed by atoms with E-state index >= 15 is 0 Å². The molecule has 1 aliphatic rings. The Morgan fingerprint density at radius 2 is 2.04 bits per heavy atom. The zero-order valence-corrected chi connectivity index (χ0v) is 14.2. The number of nitro groups is 1. The van der Waals surface area contributed by atoms with E-state index in [1.807, 2.05) is 0 Å². The first kappa shape index (κ1) is 20.1. The number of nitro benzene ring substituents is 1. The van der Waals surface area contributed by atoms with Crippen molar-refractivity contribution >= 4 is 41.5 Å². The Balaban J connectivity index is 0.00000288.